The first-order valence-corrected chi connectivity index (χ1v) is 10.9. The number of nitrogens with zero attached hydrogens (tertiary/aromatic N) is 2. The lowest BCUT2D eigenvalue weighted by Gasteiger charge is -2.09. The van der Waals surface area contributed by atoms with Crippen LogP contribution in [0.4, 0.5) is 0 Å². The lowest BCUT2D eigenvalue weighted by Crippen LogP contribution is -2.10. The van der Waals surface area contributed by atoms with Crippen molar-refractivity contribution < 1.29 is 0 Å². The first kappa shape index (κ1) is 19.8. The number of aromatic nitrogens is 4. The fourth-order valence-corrected chi connectivity index (χ4v) is 4.32. The number of hydrogen-bond acceptors (Lipinski definition) is 4. The maximum atomic E-state index is 12.6. The van der Waals surface area contributed by atoms with Crippen molar-refractivity contribution in [2.75, 3.05) is 0 Å². The van der Waals surface area contributed by atoms with E-state index in [-0.39, 0.29) is 11.1 Å². The van der Waals surface area contributed by atoms with Gasteiger partial charge in [0.15, 0.2) is 0 Å². The van der Waals surface area contributed by atoms with E-state index in [1.165, 1.54) is 0 Å². The average molecular weight is 442 g/mol. The normalized spacial score (nSPS) is 11.2. The van der Waals surface area contributed by atoms with E-state index >= 15 is 0 Å². The van der Waals surface area contributed by atoms with Crippen molar-refractivity contribution in [3.05, 3.63) is 118 Å². The second-order valence-corrected chi connectivity index (χ2v) is 8.06. The van der Waals surface area contributed by atoms with Gasteiger partial charge in [0, 0.05) is 21.9 Å². The summed E-state index contributed by atoms with van der Waals surface area (Å²) in [6, 6.07) is 30.9. The van der Waals surface area contributed by atoms with Gasteiger partial charge in [-0.1, -0.05) is 84.9 Å². The number of benzene rings is 4. The number of rotatable bonds is 3. The van der Waals surface area contributed by atoms with Crippen LogP contribution < -0.4 is 11.1 Å². The maximum absolute atomic E-state index is 12.6. The van der Waals surface area contributed by atoms with Gasteiger partial charge in [-0.05, 0) is 23.3 Å². The molecule has 4 aromatic carbocycles. The van der Waals surface area contributed by atoms with Crippen molar-refractivity contribution in [3.8, 4) is 33.6 Å². The summed E-state index contributed by atoms with van der Waals surface area (Å²) in [5.41, 5.74) is 4.44. The standard InChI is InChI=1S/C28H18N4O2/c33-27-23-15-19(11-13-21(23)25(29-31-27)17-7-3-1-4-8-17)20-12-14-22-24(16-20)28(34)32-30-26(22)18-9-5-2-6-10-18/h1-16H,(H,31,33)(H,32,34). The Kier molecular flexibility index (Phi) is 4.63. The summed E-state index contributed by atoms with van der Waals surface area (Å²) in [5, 5.41) is 16.4. The smallest absolute Gasteiger partial charge is 0.267 e. The zero-order valence-electron chi connectivity index (χ0n) is 17.9. The Balaban J connectivity index is 1.52. The Morgan fingerprint density at radius 3 is 1.26 bits per heavy atom. The van der Waals surface area contributed by atoms with Gasteiger partial charge in [0.2, 0.25) is 0 Å². The van der Waals surface area contributed by atoms with Crippen LogP contribution in [-0.2, 0) is 0 Å². The summed E-state index contributed by atoms with van der Waals surface area (Å²) in [5.74, 6) is 0. The molecule has 0 saturated carbocycles. The van der Waals surface area contributed by atoms with Gasteiger partial charge in [-0.15, -0.1) is 0 Å². The third-order valence-corrected chi connectivity index (χ3v) is 6.00. The highest BCUT2D eigenvalue weighted by molar-refractivity contribution is 5.99. The maximum Gasteiger partial charge on any atom is 0.272 e. The van der Waals surface area contributed by atoms with E-state index in [0.29, 0.717) is 10.8 Å². The Morgan fingerprint density at radius 2 is 0.853 bits per heavy atom. The van der Waals surface area contributed by atoms with Crippen LogP contribution in [0.2, 0.25) is 0 Å². The van der Waals surface area contributed by atoms with Crippen molar-refractivity contribution in [3.63, 3.8) is 0 Å². The van der Waals surface area contributed by atoms with Crippen LogP contribution in [0.5, 0.6) is 0 Å². The minimum absolute atomic E-state index is 0.259. The fraction of sp³-hybridized carbons (Fsp3) is 0. The summed E-state index contributed by atoms with van der Waals surface area (Å²) < 4.78 is 0. The molecular formula is C28H18N4O2. The second-order valence-electron chi connectivity index (χ2n) is 8.06. The molecule has 0 aliphatic rings. The summed E-state index contributed by atoms with van der Waals surface area (Å²) in [7, 11) is 0. The molecule has 0 bridgehead atoms. The van der Waals surface area contributed by atoms with E-state index < -0.39 is 0 Å². The molecule has 0 radical (unpaired) electrons. The zero-order valence-corrected chi connectivity index (χ0v) is 17.9. The number of aromatic amines is 2. The van der Waals surface area contributed by atoms with Crippen LogP contribution >= 0.6 is 0 Å². The molecule has 2 N–H and O–H groups in total. The predicted molar refractivity (Wildman–Crippen MR) is 135 cm³/mol. The van der Waals surface area contributed by atoms with E-state index in [9.17, 15) is 9.59 Å². The van der Waals surface area contributed by atoms with Gasteiger partial charge in [-0.2, -0.15) is 10.2 Å². The average Bonchev–Trinajstić information content (AvgIpc) is 2.90. The Hall–Kier alpha value is -4.84. The lowest BCUT2D eigenvalue weighted by molar-refractivity contribution is 1.02. The number of nitrogens with one attached hydrogen (secondary N) is 2. The summed E-state index contributed by atoms with van der Waals surface area (Å²) in [6.45, 7) is 0. The van der Waals surface area contributed by atoms with E-state index in [1.54, 1.807) is 0 Å². The largest absolute Gasteiger partial charge is 0.272 e. The Morgan fingerprint density at radius 1 is 0.441 bits per heavy atom. The van der Waals surface area contributed by atoms with Crippen LogP contribution in [0.15, 0.2) is 107 Å². The van der Waals surface area contributed by atoms with Crippen molar-refractivity contribution in [1.29, 1.82) is 0 Å². The highest BCUT2D eigenvalue weighted by Crippen LogP contribution is 2.31. The summed E-state index contributed by atoms with van der Waals surface area (Å²) in [6.07, 6.45) is 0. The van der Waals surface area contributed by atoms with Gasteiger partial charge >= 0.3 is 0 Å². The molecule has 2 heterocycles. The Labute approximate surface area is 193 Å². The third-order valence-electron chi connectivity index (χ3n) is 6.00. The molecule has 0 fully saturated rings. The topological polar surface area (TPSA) is 91.5 Å². The van der Waals surface area contributed by atoms with Gasteiger partial charge in [0.05, 0.1) is 22.2 Å². The molecule has 6 rings (SSSR count). The van der Waals surface area contributed by atoms with E-state index in [4.69, 9.17) is 0 Å². The molecule has 162 valence electrons. The second kappa shape index (κ2) is 7.94. The monoisotopic (exact) mass is 442 g/mol. The van der Waals surface area contributed by atoms with Crippen LogP contribution in [0, 0.1) is 0 Å². The zero-order chi connectivity index (χ0) is 23.1. The molecule has 6 heteroatoms. The number of fused-ring (bicyclic) bond motifs is 2. The van der Waals surface area contributed by atoms with Crippen molar-refractivity contribution in [2.45, 2.75) is 0 Å². The quantitative estimate of drug-likeness (QED) is 0.396. The molecule has 6 nitrogen and oxygen atoms in total. The van der Waals surface area contributed by atoms with Crippen LogP contribution in [0.25, 0.3) is 55.2 Å². The van der Waals surface area contributed by atoms with Gasteiger partial charge < -0.3 is 0 Å². The van der Waals surface area contributed by atoms with Crippen LogP contribution in [-0.4, -0.2) is 20.4 Å². The lowest BCUT2D eigenvalue weighted by atomic mass is 9.97. The van der Waals surface area contributed by atoms with Crippen LogP contribution in [0.1, 0.15) is 0 Å². The summed E-state index contributed by atoms with van der Waals surface area (Å²) >= 11 is 0. The fourth-order valence-electron chi connectivity index (χ4n) is 4.32. The van der Waals surface area contributed by atoms with Gasteiger partial charge in [-0.3, -0.25) is 9.59 Å². The predicted octanol–water partition coefficient (Wildman–Crippen LogP) is 5.16. The van der Waals surface area contributed by atoms with Crippen molar-refractivity contribution in [1.82, 2.24) is 20.4 Å². The molecule has 0 unspecified atom stereocenters. The van der Waals surface area contributed by atoms with E-state index in [1.807, 2.05) is 97.1 Å². The van der Waals surface area contributed by atoms with Crippen LogP contribution in [0.3, 0.4) is 0 Å². The molecule has 0 spiro atoms. The first-order valence-electron chi connectivity index (χ1n) is 10.9. The highest BCUT2D eigenvalue weighted by atomic mass is 16.1. The third kappa shape index (κ3) is 3.29. The highest BCUT2D eigenvalue weighted by Gasteiger charge is 2.13. The van der Waals surface area contributed by atoms with Gasteiger partial charge in [0.1, 0.15) is 0 Å². The minimum Gasteiger partial charge on any atom is -0.267 e. The van der Waals surface area contributed by atoms with Crippen molar-refractivity contribution >= 4 is 21.5 Å². The first-order chi connectivity index (χ1) is 16.7. The molecule has 0 saturated heterocycles. The molecule has 34 heavy (non-hydrogen) atoms. The van der Waals surface area contributed by atoms with E-state index in [0.717, 1.165) is 44.4 Å². The molecule has 0 aliphatic heterocycles. The molecule has 0 aliphatic carbocycles. The SMILES string of the molecule is O=c1[nH]nc(-c2ccccc2)c2ccc(-c3ccc4c(-c5ccccc5)n[nH]c(=O)c4c3)cc12. The van der Waals surface area contributed by atoms with Gasteiger partial charge in [0.25, 0.3) is 11.1 Å². The Bertz CT molecular complexity index is 1650. The molecule has 0 amide bonds. The number of H-pyrrole nitrogens is 2. The van der Waals surface area contributed by atoms with Gasteiger partial charge in [-0.25, -0.2) is 10.2 Å². The van der Waals surface area contributed by atoms with E-state index in [2.05, 4.69) is 20.4 Å². The molecule has 2 aromatic heterocycles. The van der Waals surface area contributed by atoms with Crippen molar-refractivity contribution in [2.24, 2.45) is 0 Å². The molecule has 0 atom stereocenters. The summed E-state index contributed by atoms with van der Waals surface area (Å²) in [4.78, 5) is 25.3. The molecule has 6 aromatic rings. The number of hydrogen-bond donors (Lipinski definition) is 2. The molecular weight excluding hydrogens is 424 g/mol. The minimum atomic E-state index is -0.259.